The fourth-order valence-electron chi connectivity index (χ4n) is 5.66. The number of amides is 1. The average Bonchev–Trinajstić information content (AvgIpc) is 3.28. The van der Waals surface area contributed by atoms with Crippen LogP contribution in [0.5, 0.6) is 0 Å². The summed E-state index contributed by atoms with van der Waals surface area (Å²) in [7, 11) is 0. The van der Waals surface area contributed by atoms with E-state index >= 15 is 0 Å². The van der Waals surface area contributed by atoms with Crippen LogP contribution in [0.3, 0.4) is 0 Å². The first-order valence-electron chi connectivity index (χ1n) is 10.8. The number of ether oxygens (including phenoxy) is 1. The minimum atomic E-state index is -0.249. The average molecular weight is 412 g/mol. The Morgan fingerprint density at radius 1 is 1.21 bits per heavy atom. The van der Waals surface area contributed by atoms with Gasteiger partial charge in [-0.15, -0.1) is 0 Å². The molecule has 1 N–H and O–H groups in total. The first-order chi connectivity index (χ1) is 14.1. The first-order valence-corrected chi connectivity index (χ1v) is 11.1. The van der Waals surface area contributed by atoms with Gasteiger partial charge in [-0.2, -0.15) is 0 Å². The van der Waals surface area contributed by atoms with Crippen LogP contribution in [0.1, 0.15) is 44.2 Å². The monoisotopic (exact) mass is 411 g/mol. The number of anilines is 1. The van der Waals surface area contributed by atoms with Crippen LogP contribution < -0.4 is 5.32 Å². The predicted octanol–water partition coefficient (Wildman–Crippen LogP) is 4.33. The zero-order chi connectivity index (χ0) is 19.6. The number of piperidine rings is 1. The van der Waals surface area contributed by atoms with Gasteiger partial charge >= 0.3 is 0 Å². The number of hydrogen-bond donors (Lipinski definition) is 1. The van der Waals surface area contributed by atoms with Crippen molar-refractivity contribution >= 4 is 23.2 Å². The lowest BCUT2D eigenvalue weighted by atomic mass is 9.78. The molecular weight excluding hydrogens is 386 g/mol. The number of carbonyl (C=O) groups is 1. The van der Waals surface area contributed by atoms with E-state index < -0.39 is 0 Å². The van der Waals surface area contributed by atoms with E-state index in [0.717, 1.165) is 61.6 Å². The third kappa shape index (κ3) is 2.67. The van der Waals surface area contributed by atoms with E-state index in [2.05, 4.69) is 39.2 Å². The summed E-state index contributed by atoms with van der Waals surface area (Å²) in [5, 5.41) is 4.52. The number of hydrogen-bond acceptors (Lipinski definition) is 3. The van der Waals surface area contributed by atoms with Crippen LogP contribution in [0.4, 0.5) is 5.69 Å². The van der Waals surface area contributed by atoms with Crippen LogP contribution in [0.2, 0.25) is 5.02 Å². The molecular formula is C23H26ClN3O2. The van der Waals surface area contributed by atoms with Crippen molar-refractivity contribution in [3.63, 3.8) is 0 Å². The standard InChI is InChI=1S/C23H26ClN3O2/c24-17-6-7-19-18(13-17)25-23(20-5-2-10-27(19)20)14-22(29-15-23)8-11-26(12-9-22)21(28)16-3-1-4-16/h2,5-7,10,13,16,25H,1,3-4,8-9,11-12,14-15H2. The molecule has 5 nitrogen and oxygen atoms in total. The highest BCUT2D eigenvalue weighted by Gasteiger charge is 2.54. The summed E-state index contributed by atoms with van der Waals surface area (Å²) in [6.07, 6.45) is 8.22. The molecule has 1 amide bonds. The molecule has 1 unspecified atom stereocenters. The summed E-state index contributed by atoms with van der Waals surface area (Å²) in [5.41, 5.74) is 3.02. The Labute approximate surface area is 176 Å². The van der Waals surface area contributed by atoms with Gasteiger partial charge in [-0.25, -0.2) is 0 Å². The highest BCUT2D eigenvalue weighted by atomic mass is 35.5. The third-order valence-electron chi connectivity index (χ3n) is 7.52. The largest absolute Gasteiger partial charge is 0.372 e. The fraction of sp³-hybridized carbons (Fsp3) is 0.522. The van der Waals surface area contributed by atoms with Crippen molar-refractivity contribution in [1.82, 2.24) is 9.47 Å². The topological polar surface area (TPSA) is 46.5 Å². The van der Waals surface area contributed by atoms with Gasteiger partial charge in [0, 0.05) is 36.6 Å². The lowest BCUT2D eigenvalue weighted by molar-refractivity contribution is -0.142. The number of likely N-dealkylation sites (tertiary alicyclic amines) is 1. The molecule has 1 aliphatic carbocycles. The number of fused-ring (bicyclic) bond motifs is 4. The second kappa shape index (κ2) is 6.26. The zero-order valence-electron chi connectivity index (χ0n) is 16.5. The molecule has 0 radical (unpaired) electrons. The smallest absolute Gasteiger partial charge is 0.225 e. The molecule has 1 atom stereocenters. The van der Waals surface area contributed by atoms with Crippen molar-refractivity contribution in [3.8, 4) is 5.69 Å². The highest BCUT2D eigenvalue weighted by molar-refractivity contribution is 6.31. The molecule has 1 saturated carbocycles. The van der Waals surface area contributed by atoms with Gasteiger partial charge in [0.15, 0.2) is 0 Å². The second-order valence-electron chi connectivity index (χ2n) is 9.23. The lowest BCUT2D eigenvalue weighted by Crippen LogP contribution is -2.50. The van der Waals surface area contributed by atoms with Crippen LogP contribution >= 0.6 is 11.6 Å². The maximum atomic E-state index is 12.6. The Balaban J connectivity index is 1.25. The van der Waals surface area contributed by atoms with Crippen LogP contribution in [0.15, 0.2) is 36.5 Å². The van der Waals surface area contributed by atoms with E-state index in [1.54, 1.807) is 0 Å². The van der Waals surface area contributed by atoms with Crippen LogP contribution in [-0.2, 0) is 15.1 Å². The summed E-state index contributed by atoms with van der Waals surface area (Å²) in [4.78, 5) is 14.7. The lowest BCUT2D eigenvalue weighted by Gasteiger charge is -2.42. The van der Waals surface area contributed by atoms with E-state index in [4.69, 9.17) is 16.3 Å². The molecule has 0 bridgehead atoms. The van der Waals surface area contributed by atoms with E-state index in [1.165, 1.54) is 12.1 Å². The van der Waals surface area contributed by atoms with Gasteiger partial charge < -0.3 is 19.5 Å². The van der Waals surface area contributed by atoms with E-state index in [9.17, 15) is 4.79 Å². The molecule has 3 fully saturated rings. The van der Waals surface area contributed by atoms with Gasteiger partial charge in [0.05, 0.1) is 29.3 Å². The molecule has 2 saturated heterocycles. The van der Waals surface area contributed by atoms with Gasteiger partial charge in [0.2, 0.25) is 5.91 Å². The maximum absolute atomic E-state index is 12.6. The van der Waals surface area contributed by atoms with Gasteiger partial charge in [-0.1, -0.05) is 18.0 Å². The molecule has 152 valence electrons. The van der Waals surface area contributed by atoms with Crippen LogP contribution in [-0.4, -0.2) is 40.7 Å². The minimum absolute atomic E-state index is 0.158. The Morgan fingerprint density at radius 2 is 2.03 bits per heavy atom. The second-order valence-corrected chi connectivity index (χ2v) is 9.67. The molecule has 2 spiro atoms. The minimum Gasteiger partial charge on any atom is -0.372 e. The Morgan fingerprint density at radius 3 is 2.79 bits per heavy atom. The molecule has 6 heteroatoms. The van der Waals surface area contributed by atoms with E-state index in [1.807, 2.05) is 12.1 Å². The predicted molar refractivity (Wildman–Crippen MR) is 113 cm³/mol. The Hall–Kier alpha value is -1.98. The number of nitrogens with zero attached hydrogens (tertiary/aromatic N) is 2. The molecule has 4 heterocycles. The van der Waals surface area contributed by atoms with Gasteiger partial charge in [-0.3, -0.25) is 4.79 Å². The van der Waals surface area contributed by atoms with Gasteiger partial charge in [0.1, 0.15) is 5.54 Å². The summed E-state index contributed by atoms with van der Waals surface area (Å²) >= 11 is 6.28. The summed E-state index contributed by atoms with van der Waals surface area (Å²) < 4.78 is 8.79. The third-order valence-corrected chi connectivity index (χ3v) is 7.76. The Kier molecular flexibility index (Phi) is 3.85. The molecule has 4 aliphatic rings. The molecule has 6 rings (SSSR count). The Bertz CT molecular complexity index is 974. The van der Waals surface area contributed by atoms with E-state index in [0.29, 0.717) is 12.5 Å². The number of nitrogens with one attached hydrogen (secondary N) is 1. The molecule has 1 aromatic carbocycles. The zero-order valence-corrected chi connectivity index (χ0v) is 17.3. The number of rotatable bonds is 1. The summed E-state index contributed by atoms with van der Waals surface area (Å²) in [6.45, 7) is 2.27. The SMILES string of the molecule is O=C(C1CCC1)N1CCC2(CC1)CC1(CO2)Nc2cc(Cl)ccc2-n2cccc21. The van der Waals surface area contributed by atoms with Gasteiger partial charge in [0.25, 0.3) is 0 Å². The van der Waals surface area contributed by atoms with Crippen LogP contribution in [0.25, 0.3) is 5.69 Å². The number of aromatic nitrogens is 1. The van der Waals surface area contributed by atoms with Crippen molar-refractivity contribution < 1.29 is 9.53 Å². The maximum Gasteiger partial charge on any atom is 0.225 e. The molecule has 1 aromatic heterocycles. The van der Waals surface area contributed by atoms with Crippen molar-refractivity contribution in [2.75, 3.05) is 25.0 Å². The first kappa shape index (κ1) is 17.8. The van der Waals surface area contributed by atoms with Crippen molar-refractivity contribution in [1.29, 1.82) is 0 Å². The van der Waals surface area contributed by atoms with Crippen LogP contribution in [0, 0.1) is 5.92 Å². The number of halogens is 1. The highest BCUT2D eigenvalue weighted by Crippen LogP contribution is 2.50. The van der Waals surface area contributed by atoms with Crippen molar-refractivity contribution in [3.05, 3.63) is 47.2 Å². The van der Waals surface area contributed by atoms with Crippen molar-refractivity contribution in [2.45, 2.75) is 49.7 Å². The normalized spacial score (nSPS) is 27.4. The van der Waals surface area contributed by atoms with E-state index in [-0.39, 0.29) is 17.1 Å². The fourth-order valence-corrected chi connectivity index (χ4v) is 5.84. The molecule has 3 aliphatic heterocycles. The van der Waals surface area contributed by atoms with Gasteiger partial charge in [-0.05, 0) is 56.0 Å². The number of benzene rings is 1. The summed E-state index contributed by atoms with van der Waals surface area (Å²) in [5.74, 6) is 0.650. The molecule has 29 heavy (non-hydrogen) atoms. The molecule has 2 aromatic rings. The summed E-state index contributed by atoms with van der Waals surface area (Å²) in [6, 6.07) is 10.3. The quantitative estimate of drug-likeness (QED) is 0.759. The number of carbonyl (C=O) groups excluding carboxylic acids is 1. The van der Waals surface area contributed by atoms with Crippen molar-refractivity contribution in [2.24, 2.45) is 5.92 Å².